The van der Waals surface area contributed by atoms with Crippen LogP contribution in [0, 0.1) is 0 Å². The standard InChI is InChI=1S/C17H17N3O3S2.C17H16N2O4S2/c1-25(22,23)20(17-19-14-4-2-3-5-16(14)24-17)11-12-6-8-13(9-7-12)15(21)10-18;1-23-16(20)13-9-7-12(8-10-13)11-19(25(2,21)22)17-18-14-5-3-4-6-15(14)24-17/h2-9H,10-11,18H2,1H3;3-10H,11H2,1-2H3. The molecule has 0 radical (unpaired) electrons. The van der Waals surface area contributed by atoms with Crippen LogP contribution < -0.4 is 14.3 Å². The zero-order valence-corrected chi connectivity index (χ0v) is 30.5. The highest BCUT2D eigenvalue weighted by Gasteiger charge is 2.23. The molecule has 0 atom stereocenters. The van der Waals surface area contributed by atoms with Gasteiger partial charge in [0.05, 0.1) is 65.3 Å². The largest absolute Gasteiger partial charge is 0.465 e. The fraction of sp³-hybridized carbons (Fsp3) is 0.176. The second-order valence-electron chi connectivity index (χ2n) is 11.0. The van der Waals surface area contributed by atoms with Crippen LogP contribution in [-0.2, 0) is 37.9 Å². The molecule has 4 aromatic carbocycles. The van der Waals surface area contributed by atoms with Crippen LogP contribution in [0.4, 0.5) is 10.3 Å². The Labute approximate surface area is 297 Å². The molecular weight excluding hydrogens is 719 g/mol. The minimum atomic E-state index is -3.51. The quantitative estimate of drug-likeness (QED) is 0.133. The van der Waals surface area contributed by atoms with Crippen LogP contribution in [-0.4, -0.2) is 64.7 Å². The van der Waals surface area contributed by atoms with Crippen LogP contribution in [0.2, 0.25) is 0 Å². The number of nitrogens with two attached hydrogens (primary N) is 1. The Bertz CT molecular complexity index is 2120. The first-order valence-electron chi connectivity index (χ1n) is 14.9. The summed E-state index contributed by atoms with van der Waals surface area (Å²) in [6.45, 7) is 0.233. The van der Waals surface area contributed by atoms with E-state index in [1.54, 1.807) is 48.5 Å². The smallest absolute Gasteiger partial charge is 0.337 e. The number of carbonyl (C=O) groups is 2. The lowest BCUT2D eigenvalue weighted by molar-refractivity contribution is 0.0600. The van der Waals surface area contributed by atoms with Crippen molar-refractivity contribution in [2.24, 2.45) is 5.73 Å². The Hall–Kier alpha value is -4.74. The second-order valence-corrected chi connectivity index (χ2v) is 16.8. The van der Waals surface area contributed by atoms with Gasteiger partial charge in [0.2, 0.25) is 30.3 Å². The summed E-state index contributed by atoms with van der Waals surface area (Å²) in [5, 5.41) is 0.839. The van der Waals surface area contributed by atoms with Gasteiger partial charge < -0.3 is 10.5 Å². The van der Waals surface area contributed by atoms with Crippen molar-refractivity contribution in [3.05, 3.63) is 119 Å². The zero-order chi connectivity index (χ0) is 36.1. The molecule has 2 aromatic heterocycles. The van der Waals surface area contributed by atoms with Gasteiger partial charge in [0.15, 0.2) is 5.78 Å². The van der Waals surface area contributed by atoms with Crippen molar-refractivity contribution in [1.29, 1.82) is 0 Å². The van der Waals surface area contributed by atoms with Crippen molar-refractivity contribution in [2.45, 2.75) is 13.1 Å². The number of Topliss-reactive ketones (excluding diaryl/α,β-unsaturated/α-hetero) is 1. The maximum atomic E-state index is 12.3. The number of ether oxygens (including phenoxy) is 1. The molecule has 50 heavy (non-hydrogen) atoms. The average molecular weight is 752 g/mol. The predicted octanol–water partition coefficient (Wildman–Crippen LogP) is 5.45. The molecule has 12 nitrogen and oxygen atoms in total. The monoisotopic (exact) mass is 751 g/mol. The molecule has 0 aliphatic rings. The van der Waals surface area contributed by atoms with Gasteiger partial charge in [0.1, 0.15) is 0 Å². The van der Waals surface area contributed by atoms with Gasteiger partial charge in [-0.2, -0.15) is 0 Å². The highest BCUT2D eigenvalue weighted by Crippen LogP contribution is 2.32. The van der Waals surface area contributed by atoms with Gasteiger partial charge in [-0.25, -0.2) is 40.2 Å². The maximum Gasteiger partial charge on any atom is 0.337 e. The SMILES string of the molecule is COC(=O)c1ccc(CN(c2nc3ccccc3s2)S(C)(=O)=O)cc1.CS(=O)(=O)N(Cc1ccc(C(=O)CN)cc1)c1nc2ccccc2s1. The number of nitrogens with zero attached hydrogens (tertiary/aromatic N) is 4. The third-order valence-corrected chi connectivity index (χ3v) is 11.8. The molecule has 260 valence electrons. The molecular formula is C34H33N5O7S4. The number of ketones is 1. The summed E-state index contributed by atoms with van der Waals surface area (Å²) in [6, 6.07) is 28.4. The number of aromatic nitrogens is 2. The zero-order valence-electron chi connectivity index (χ0n) is 27.2. The van der Waals surface area contributed by atoms with E-state index in [1.807, 2.05) is 48.5 Å². The van der Waals surface area contributed by atoms with Gasteiger partial charge in [-0.15, -0.1) is 0 Å². The predicted molar refractivity (Wildman–Crippen MR) is 199 cm³/mol. The number of anilines is 2. The average Bonchev–Trinajstić information content (AvgIpc) is 3.73. The first-order chi connectivity index (χ1) is 23.8. The number of para-hydroxylation sites is 2. The van der Waals surface area contributed by atoms with Gasteiger partial charge in [0.25, 0.3) is 0 Å². The molecule has 0 amide bonds. The van der Waals surface area contributed by atoms with Crippen molar-refractivity contribution < 1.29 is 31.2 Å². The second kappa shape index (κ2) is 15.4. The third-order valence-electron chi connectivity index (χ3n) is 7.28. The fourth-order valence-electron chi connectivity index (χ4n) is 4.70. The van der Waals surface area contributed by atoms with E-state index in [-0.39, 0.29) is 25.4 Å². The van der Waals surface area contributed by atoms with E-state index >= 15 is 0 Å². The molecule has 6 rings (SSSR count). The maximum absolute atomic E-state index is 12.3. The summed E-state index contributed by atoms with van der Waals surface area (Å²) in [4.78, 5) is 31.9. The molecule has 2 N–H and O–H groups in total. The van der Waals surface area contributed by atoms with Crippen LogP contribution in [0.15, 0.2) is 97.1 Å². The minimum absolute atomic E-state index is 0.0550. The van der Waals surface area contributed by atoms with Crippen LogP contribution >= 0.6 is 22.7 Å². The number of hydrogen-bond acceptors (Lipinski definition) is 12. The summed E-state index contributed by atoms with van der Waals surface area (Å²) < 4.78 is 58.1. The summed E-state index contributed by atoms with van der Waals surface area (Å²) in [5.41, 5.74) is 9.31. The Morgan fingerprint density at radius 3 is 1.42 bits per heavy atom. The molecule has 0 spiro atoms. The molecule has 0 aliphatic carbocycles. The third kappa shape index (κ3) is 8.88. The van der Waals surface area contributed by atoms with Crippen molar-refractivity contribution in [1.82, 2.24) is 9.97 Å². The number of rotatable bonds is 11. The summed E-state index contributed by atoms with van der Waals surface area (Å²) in [5.74, 6) is -0.588. The molecule has 16 heteroatoms. The number of esters is 1. The normalized spacial score (nSPS) is 11.5. The number of methoxy groups -OCH3 is 1. The molecule has 2 heterocycles. The Kier molecular flexibility index (Phi) is 11.3. The topological polar surface area (TPSA) is 170 Å². The highest BCUT2D eigenvalue weighted by atomic mass is 32.2. The van der Waals surface area contributed by atoms with Gasteiger partial charge >= 0.3 is 5.97 Å². The Morgan fingerprint density at radius 1 is 0.660 bits per heavy atom. The van der Waals surface area contributed by atoms with E-state index in [0.29, 0.717) is 21.4 Å². The number of hydrogen-bond donors (Lipinski definition) is 1. The van der Waals surface area contributed by atoms with Crippen molar-refractivity contribution in [3.63, 3.8) is 0 Å². The number of carbonyl (C=O) groups excluding carboxylic acids is 2. The van der Waals surface area contributed by atoms with Crippen LogP contribution in [0.25, 0.3) is 20.4 Å². The number of thiazole rings is 2. The molecule has 0 unspecified atom stereocenters. The van der Waals surface area contributed by atoms with Gasteiger partial charge in [-0.05, 0) is 47.5 Å². The van der Waals surface area contributed by atoms with E-state index in [4.69, 9.17) is 5.73 Å². The van der Waals surface area contributed by atoms with Crippen molar-refractivity contribution in [2.75, 3.05) is 34.8 Å². The number of sulfonamides is 2. The molecule has 0 aliphatic heterocycles. The van der Waals surface area contributed by atoms with E-state index in [1.165, 1.54) is 38.4 Å². The van der Waals surface area contributed by atoms with Crippen LogP contribution in [0.5, 0.6) is 0 Å². The van der Waals surface area contributed by atoms with Crippen LogP contribution in [0.1, 0.15) is 31.8 Å². The highest BCUT2D eigenvalue weighted by molar-refractivity contribution is 7.92. The fourth-order valence-corrected chi connectivity index (χ4v) is 8.89. The van der Waals surface area contributed by atoms with Crippen molar-refractivity contribution >= 4 is 85.2 Å². The molecule has 0 bridgehead atoms. The summed E-state index contributed by atoms with van der Waals surface area (Å²) in [6.07, 6.45) is 2.31. The van der Waals surface area contributed by atoms with E-state index in [2.05, 4.69) is 14.7 Å². The minimum Gasteiger partial charge on any atom is -0.465 e. The van der Waals surface area contributed by atoms with E-state index in [0.717, 1.165) is 44.1 Å². The molecule has 0 saturated carbocycles. The lowest BCUT2D eigenvalue weighted by Gasteiger charge is -2.19. The first kappa shape index (κ1) is 36.5. The van der Waals surface area contributed by atoms with E-state index in [9.17, 15) is 26.4 Å². The van der Waals surface area contributed by atoms with Gasteiger partial charge in [-0.3, -0.25) is 4.79 Å². The number of benzene rings is 4. The lowest BCUT2D eigenvalue weighted by Crippen LogP contribution is -2.29. The lowest BCUT2D eigenvalue weighted by atomic mass is 10.1. The summed E-state index contributed by atoms with van der Waals surface area (Å²) >= 11 is 2.65. The van der Waals surface area contributed by atoms with Gasteiger partial charge in [-0.1, -0.05) is 83.3 Å². The molecule has 6 aromatic rings. The first-order valence-corrected chi connectivity index (χ1v) is 20.3. The van der Waals surface area contributed by atoms with Crippen LogP contribution in [0.3, 0.4) is 0 Å². The van der Waals surface area contributed by atoms with Gasteiger partial charge in [0, 0.05) is 5.56 Å². The molecule has 0 fully saturated rings. The summed E-state index contributed by atoms with van der Waals surface area (Å²) in [7, 11) is -5.69. The van der Waals surface area contributed by atoms with Crippen molar-refractivity contribution in [3.8, 4) is 0 Å². The molecule has 0 saturated heterocycles. The Balaban J connectivity index is 0.000000194. The Morgan fingerprint density at radius 2 is 1.06 bits per heavy atom. The van der Waals surface area contributed by atoms with E-state index < -0.39 is 26.0 Å². The number of fused-ring (bicyclic) bond motifs is 2.